The molecule has 0 aliphatic rings. The van der Waals surface area contributed by atoms with Gasteiger partial charge in [0.1, 0.15) is 12.6 Å². The number of hydrogen-bond acceptors (Lipinski definition) is 3. The molecule has 0 N–H and O–H groups in total. The van der Waals surface area contributed by atoms with Crippen LogP contribution in [0.2, 0.25) is 0 Å². The van der Waals surface area contributed by atoms with Crippen molar-refractivity contribution >= 4 is 17.2 Å². The summed E-state index contributed by atoms with van der Waals surface area (Å²) in [6.07, 6.45) is 2.34. The summed E-state index contributed by atoms with van der Waals surface area (Å²) in [6, 6.07) is 11.1. The molecule has 0 aliphatic carbocycles. The van der Waals surface area contributed by atoms with Gasteiger partial charge in [-0.25, -0.2) is 4.98 Å². The topological polar surface area (TPSA) is 52.0 Å². The van der Waals surface area contributed by atoms with Gasteiger partial charge in [-0.2, -0.15) is 0 Å². The van der Waals surface area contributed by atoms with Gasteiger partial charge in [0.2, 0.25) is 0 Å². The molecule has 0 unspecified atom stereocenters. The average Bonchev–Trinajstić information content (AvgIpc) is 2.55. The number of rotatable bonds is 2. The molecule has 122 valence electrons. The van der Waals surface area contributed by atoms with Gasteiger partial charge >= 0.3 is 0 Å². The first-order chi connectivity index (χ1) is 11.3. The van der Waals surface area contributed by atoms with Crippen LogP contribution < -0.4 is 5.56 Å². The Morgan fingerprint density at radius 2 is 1.88 bits per heavy atom. The zero-order valence-corrected chi connectivity index (χ0v) is 14.3. The number of aromatic nitrogens is 2. The molecule has 0 amide bonds. The standard InChI is InChI=1S/C20H20N2O2/c1-13-14(11-23)6-5-7-18(13)22-12-21-17-10-15(20(2,3)4)8-9-16(17)19(22)24/h5-12H,1-4H3. The minimum absolute atomic E-state index is 0.000385. The van der Waals surface area contributed by atoms with Crippen LogP contribution in [0.25, 0.3) is 16.6 Å². The smallest absolute Gasteiger partial charge is 0.265 e. The van der Waals surface area contributed by atoms with Crippen LogP contribution in [-0.2, 0) is 5.41 Å². The molecule has 1 aromatic heterocycles. The first-order valence-corrected chi connectivity index (χ1v) is 7.90. The number of nitrogens with zero attached hydrogens (tertiary/aromatic N) is 2. The minimum atomic E-state index is -0.133. The maximum Gasteiger partial charge on any atom is 0.265 e. The lowest BCUT2D eigenvalue weighted by atomic mass is 9.86. The SMILES string of the molecule is Cc1c(C=O)cccc1-n1cnc2cc(C(C)(C)C)ccc2c1=O. The van der Waals surface area contributed by atoms with Crippen molar-refractivity contribution in [2.24, 2.45) is 0 Å². The zero-order chi connectivity index (χ0) is 17.5. The van der Waals surface area contributed by atoms with Crippen LogP contribution in [-0.4, -0.2) is 15.8 Å². The summed E-state index contributed by atoms with van der Waals surface area (Å²) in [5, 5.41) is 0.571. The highest BCUT2D eigenvalue weighted by atomic mass is 16.1. The molecule has 0 spiro atoms. The van der Waals surface area contributed by atoms with Gasteiger partial charge in [-0.1, -0.05) is 39.0 Å². The number of hydrogen-bond donors (Lipinski definition) is 0. The molecule has 0 atom stereocenters. The van der Waals surface area contributed by atoms with Crippen molar-refractivity contribution in [3.8, 4) is 5.69 Å². The third kappa shape index (κ3) is 2.64. The third-order valence-corrected chi connectivity index (χ3v) is 4.36. The van der Waals surface area contributed by atoms with E-state index >= 15 is 0 Å². The average molecular weight is 320 g/mol. The number of fused-ring (bicyclic) bond motifs is 1. The highest BCUT2D eigenvalue weighted by Gasteiger charge is 2.16. The number of carbonyl (C=O) groups excluding carboxylic acids is 1. The molecule has 3 aromatic rings. The summed E-state index contributed by atoms with van der Waals surface area (Å²) in [5.41, 5.74) is 3.71. The second kappa shape index (κ2) is 5.71. The number of benzene rings is 2. The van der Waals surface area contributed by atoms with Crippen LogP contribution in [0, 0.1) is 6.92 Å². The largest absolute Gasteiger partial charge is 0.298 e. The molecule has 0 fully saturated rings. The summed E-state index contributed by atoms with van der Waals surface area (Å²) in [4.78, 5) is 28.5. The van der Waals surface area contributed by atoms with Gasteiger partial charge in [0, 0.05) is 5.56 Å². The van der Waals surface area contributed by atoms with Gasteiger partial charge in [-0.3, -0.25) is 14.2 Å². The number of carbonyl (C=O) groups is 1. The first-order valence-electron chi connectivity index (χ1n) is 7.90. The van der Waals surface area contributed by atoms with Crippen molar-refractivity contribution in [3.63, 3.8) is 0 Å². The fourth-order valence-electron chi connectivity index (χ4n) is 2.79. The van der Waals surface area contributed by atoms with E-state index < -0.39 is 0 Å². The lowest BCUT2D eigenvalue weighted by Gasteiger charge is -2.19. The second-order valence-electron chi connectivity index (χ2n) is 7.01. The molecular weight excluding hydrogens is 300 g/mol. The molecule has 2 aromatic carbocycles. The second-order valence-corrected chi connectivity index (χ2v) is 7.01. The highest BCUT2D eigenvalue weighted by molar-refractivity contribution is 5.80. The normalized spacial score (nSPS) is 11.7. The molecule has 4 nitrogen and oxygen atoms in total. The van der Waals surface area contributed by atoms with Crippen LogP contribution in [0.3, 0.4) is 0 Å². The minimum Gasteiger partial charge on any atom is -0.298 e. The first kappa shape index (κ1) is 16.1. The van der Waals surface area contributed by atoms with Gasteiger partial charge in [0.25, 0.3) is 5.56 Å². The van der Waals surface area contributed by atoms with Crippen molar-refractivity contribution in [1.82, 2.24) is 9.55 Å². The van der Waals surface area contributed by atoms with E-state index in [-0.39, 0.29) is 11.0 Å². The quantitative estimate of drug-likeness (QED) is 0.675. The van der Waals surface area contributed by atoms with Crippen LogP contribution in [0.5, 0.6) is 0 Å². The van der Waals surface area contributed by atoms with Gasteiger partial charge in [-0.05, 0) is 41.7 Å². The molecule has 0 radical (unpaired) electrons. The van der Waals surface area contributed by atoms with E-state index in [4.69, 9.17) is 0 Å². The Morgan fingerprint density at radius 1 is 1.12 bits per heavy atom. The van der Waals surface area contributed by atoms with Crippen LogP contribution in [0.15, 0.2) is 47.5 Å². The van der Waals surface area contributed by atoms with E-state index in [0.29, 0.717) is 22.2 Å². The van der Waals surface area contributed by atoms with Crippen molar-refractivity contribution in [2.75, 3.05) is 0 Å². The molecule has 0 bridgehead atoms. The van der Waals surface area contributed by atoms with Crippen molar-refractivity contribution in [2.45, 2.75) is 33.1 Å². The van der Waals surface area contributed by atoms with Crippen molar-refractivity contribution in [1.29, 1.82) is 0 Å². The molecule has 4 heteroatoms. The predicted octanol–water partition coefficient (Wildman–Crippen LogP) is 3.80. The summed E-state index contributed by atoms with van der Waals surface area (Å²) >= 11 is 0. The maximum absolute atomic E-state index is 12.9. The van der Waals surface area contributed by atoms with Gasteiger partial charge in [-0.15, -0.1) is 0 Å². The van der Waals surface area contributed by atoms with Gasteiger partial charge in [0.15, 0.2) is 0 Å². The van der Waals surface area contributed by atoms with Gasteiger partial charge in [0.05, 0.1) is 16.6 Å². The van der Waals surface area contributed by atoms with Crippen LogP contribution >= 0.6 is 0 Å². The molecule has 0 saturated carbocycles. The zero-order valence-electron chi connectivity index (χ0n) is 14.3. The lowest BCUT2D eigenvalue weighted by Crippen LogP contribution is -2.20. The molecule has 0 saturated heterocycles. The van der Waals surface area contributed by atoms with Crippen LogP contribution in [0.1, 0.15) is 42.3 Å². The van der Waals surface area contributed by atoms with E-state index in [2.05, 4.69) is 25.8 Å². The Kier molecular flexibility index (Phi) is 3.84. The summed E-state index contributed by atoms with van der Waals surface area (Å²) in [7, 11) is 0. The lowest BCUT2D eigenvalue weighted by molar-refractivity contribution is 0.112. The molecule has 1 heterocycles. The monoisotopic (exact) mass is 320 g/mol. The van der Waals surface area contributed by atoms with E-state index in [0.717, 1.165) is 17.4 Å². The molecular formula is C20H20N2O2. The Hall–Kier alpha value is -2.75. The molecule has 0 aliphatic heterocycles. The Balaban J connectivity index is 2.24. The summed E-state index contributed by atoms with van der Waals surface area (Å²) < 4.78 is 1.50. The van der Waals surface area contributed by atoms with E-state index in [1.807, 2.05) is 31.2 Å². The fourth-order valence-corrected chi connectivity index (χ4v) is 2.79. The molecule has 24 heavy (non-hydrogen) atoms. The van der Waals surface area contributed by atoms with Gasteiger partial charge < -0.3 is 0 Å². The molecule has 3 rings (SSSR count). The Morgan fingerprint density at radius 3 is 2.54 bits per heavy atom. The summed E-state index contributed by atoms with van der Waals surface area (Å²) in [6.45, 7) is 8.22. The predicted molar refractivity (Wildman–Crippen MR) is 96.2 cm³/mol. The van der Waals surface area contributed by atoms with Crippen LogP contribution in [0.4, 0.5) is 0 Å². The van der Waals surface area contributed by atoms with Crippen molar-refractivity contribution in [3.05, 3.63) is 69.8 Å². The third-order valence-electron chi connectivity index (χ3n) is 4.36. The highest BCUT2D eigenvalue weighted by Crippen LogP contribution is 2.24. The Bertz CT molecular complexity index is 995. The van der Waals surface area contributed by atoms with E-state index in [1.165, 1.54) is 10.9 Å². The fraction of sp³-hybridized carbons (Fsp3) is 0.250. The van der Waals surface area contributed by atoms with Crippen molar-refractivity contribution < 1.29 is 4.79 Å². The number of aldehydes is 1. The summed E-state index contributed by atoms with van der Waals surface area (Å²) in [5.74, 6) is 0. The van der Waals surface area contributed by atoms with E-state index in [1.54, 1.807) is 12.1 Å². The Labute approximate surface area is 140 Å². The maximum atomic E-state index is 12.9. The van der Waals surface area contributed by atoms with E-state index in [9.17, 15) is 9.59 Å².